The van der Waals surface area contributed by atoms with Crippen LogP contribution in [-0.2, 0) is 6.54 Å². The minimum absolute atomic E-state index is 0.678. The lowest BCUT2D eigenvalue weighted by Gasteiger charge is -2.22. The standard InChI is InChI=1S/C15H20N4/c1-13-10-17-15(18-11-13)19(9-5-8-16)12-14-6-3-2-4-7-14/h2-4,6-7,10-11H,5,8-9,12,16H2,1H3. The topological polar surface area (TPSA) is 55.0 Å². The summed E-state index contributed by atoms with van der Waals surface area (Å²) in [7, 11) is 0. The molecule has 0 aliphatic carbocycles. The van der Waals surface area contributed by atoms with Crippen LogP contribution >= 0.6 is 0 Å². The molecule has 0 saturated heterocycles. The third-order valence-electron chi connectivity index (χ3n) is 2.90. The summed E-state index contributed by atoms with van der Waals surface area (Å²) >= 11 is 0. The Kier molecular flexibility index (Phi) is 4.86. The van der Waals surface area contributed by atoms with Crippen LogP contribution in [0, 0.1) is 6.92 Å². The Balaban J connectivity index is 2.13. The van der Waals surface area contributed by atoms with Gasteiger partial charge in [-0.25, -0.2) is 9.97 Å². The van der Waals surface area contributed by atoms with Gasteiger partial charge in [0.2, 0.25) is 5.95 Å². The lowest BCUT2D eigenvalue weighted by Crippen LogP contribution is -2.27. The predicted octanol–water partition coefficient (Wildman–Crippen LogP) is 2.14. The van der Waals surface area contributed by atoms with Gasteiger partial charge in [0.25, 0.3) is 0 Å². The van der Waals surface area contributed by atoms with Crippen molar-refractivity contribution in [2.75, 3.05) is 18.0 Å². The van der Waals surface area contributed by atoms with E-state index in [1.165, 1.54) is 5.56 Å². The molecule has 100 valence electrons. The number of nitrogens with two attached hydrogens (primary N) is 1. The van der Waals surface area contributed by atoms with E-state index >= 15 is 0 Å². The van der Waals surface area contributed by atoms with Crippen molar-refractivity contribution in [1.82, 2.24) is 9.97 Å². The third-order valence-corrected chi connectivity index (χ3v) is 2.90. The molecule has 0 atom stereocenters. The van der Waals surface area contributed by atoms with E-state index in [9.17, 15) is 0 Å². The van der Waals surface area contributed by atoms with Crippen molar-refractivity contribution in [3.8, 4) is 0 Å². The van der Waals surface area contributed by atoms with Crippen LogP contribution in [0.15, 0.2) is 42.7 Å². The second-order valence-electron chi connectivity index (χ2n) is 4.61. The van der Waals surface area contributed by atoms with Gasteiger partial charge in [0.1, 0.15) is 0 Å². The highest BCUT2D eigenvalue weighted by Gasteiger charge is 2.09. The van der Waals surface area contributed by atoms with Gasteiger partial charge in [0.15, 0.2) is 0 Å². The molecule has 4 nitrogen and oxygen atoms in total. The van der Waals surface area contributed by atoms with Crippen LogP contribution in [0.4, 0.5) is 5.95 Å². The molecule has 2 aromatic rings. The Bertz CT molecular complexity index is 481. The summed E-state index contributed by atoms with van der Waals surface area (Å²) in [6.07, 6.45) is 4.63. The number of aromatic nitrogens is 2. The molecule has 0 fully saturated rings. The second kappa shape index (κ2) is 6.85. The molecule has 0 aliphatic rings. The molecule has 1 aromatic heterocycles. The molecule has 0 saturated carbocycles. The second-order valence-corrected chi connectivity index (χ2v) is 4.61. The highest BCUT2D eigenvalue weighted by atomic mass is 15.2. The van der Waals surface area contributed by atoms with E-state index in [0.717, 1.165) is 31.0 Å². The first-order valence-electron chi connectivity index (χ1n) is 6.57. The summed E-state index contributed by atoms with van der Waals surface area (Å²) < 4.78 is 0. The van der Waals surface area contributed by atoms with Gasteiger partial charge in [-0.05, 0) is 31.0 Å². The summed E-state index contributed by atoms with van der Waals surface area (Å²) in [5, 5.41) is 0. The molecule has 0 spiro atoms. The minimum Gasteiger partial charge on any atom is -0.336 e. The number of nitrogens with zero attached hydrogens (tertiary/aromatic N) is 3. The van der Waals surface area contributed by atoms with Crippen LogP contribution in [0.2, 0.25) is 0 Å². The summed E-state index contributed by atoms with van der Waals surface area (Å²) in [4.78, 5) is 11.0. The molecule has 1 aromatic carbocycles. The maximum Gasteiger partial charge on any atom is 0.225 e. The maximum absolute atomic E-state index is 5.60. The molecule has 0 aliphatic heterocycles. The monoisotopic (exact) mass is 256 g/mol. The molecule has 2 N–H and O–H groups in total. The van der Waals surface area contributed by atoms with Gasteiger partial charge >= 0.3 is 0 Å². The molecular weight excluding hydrogens is 236 g/mol. The fourth-order valence-corrected chi connectivity index (χ4v) is 1.88. The molecule has 4 heteroatoms. The van der Waals surface area contributed by atoms with Gasteiger partial charge in [0, 0.05) is 25.5 Å². The summed E-state index contributed by atoms with van der Waals surface area (Å²) in [5.41, 5.74) is 7.93. The van der Waals surface area contributed by atoms with E-state index in [4.69, 9.17) is 5.73 Å². The molecule has 19 heavy (non-hydrogen) atoms. The summed E-state index contributed by atoms with van der Waals surface area (Å²) in [6, 6.07) is 10.3. The van der Waals surface area contributed by atoms with E-state index in [-0.39, 0.29) is 0 Å². The average Bonchev–Trinajstić information content (AvgIpc) is 2.45. The van der Waals surface area contributed by atoms with Crippen molar-refractivity contribution in [2.24, 2.45) is 5.73 Å². The smallest absolute Gasteiger partial charge is 0.225 e. The summed E-state index contributed by atoms with van der Waals surface area (Å²) in [5.74, 6) is 0.767. The normalized spacial score (nSPS) is 10.4. The van der Waals surface area contributed by atoms with Gasteiger partial charge in [0.05, 0.1) is 0 Å². The molecule has 0 radical (unpaired) electrons. The lowest BCUT2D eigenvalue weighted by molar-refractivity contribution is 0.713. The highest BCUT2D eigenvalue weighted by molar-refractivity contribution is 5.32. The first-order valence-corrected chi connectivity index (χ1v) is 6.57. The van der Waals surface area contributed by atoms with Gasteiger partial charge < -0.3 is 10.6 Å². The fraction of sp³-hybridized carbons (Fsp3) is 0.333. The van der Waals surface area contributed by atoms with Crippen molar-refractivity contribution in [3.05, 3.63) is 53.9 Å². The number of hydrogen-bond donors (Lipinski definition) is 1. The quantitative estimate of drug-likeness (QED) is 0.860. The van der Waals surface area contributed by atoms with Crippen molar-refractivity contribution >= 4 is 5.95 Å². The Morgan fingerprint density at radius 1 is 1.11 bits per heavy atom. The van der Waals surface area contributed by atoms with Gasteiger partial charge in [-0.3, -0.25) is 0 Å². The van der Waals surface area contributed by atoms with Gasteiger partial charge in [-0.15, -0.1) is 0 Å². The van der Waals surface area contributed by atoms with Crippen LogP contribution in [0.25, 0.3) is 0 Å². The largest absolute Gasteiger partial charge is 0.336 e. The Morgan fingerprint density at radius 3 is 2.42 bits per heavy atom. The van der Waals surface area contributed by atoms with Crippen LogP contribution in [0.5, 0.6) is 0 Å². The zero-order chi connectivity index (χ0) is 13.5. The highest BCUT2D eigenvalue weighted by Crippen LogP contribution is 2.12. The van der Waals surface area contributed by atoms with Crippen molar-refractivity contribution in [1.29, 1.82) is 0 Å². The molecule has 0 amide bonds. The SMILES string of the molecule is Cc1cnc(N(CCCN)Cc2ccccc2)nc1. The summed E-state index contributed by atoms with van der Waals surface area (Å²) in [6.45, 7) is 4.35. The minimum atomic E-state index is 0.678. The molecule has 1 heterocycles. The van der Waals surface area contributed by atoms with E-state index in [1.54, 1.807) is 0 Å². The fourth-order valence-electron chi connectivity index (χ4n) is 1.88. The van der Waals surface area contributed by atoms with E-state index < -0.39 is 0 Å². The van der Waals surface area contributed by atoms with Crippen molar-refractivity contribution in [3.63, 3.8) is 0 Å². The molecular formula is C15H20N4. The number of hydrogen-bond acceptors (Lipinski definition) is 4. The van der Waals surface area contributed by atoms with Crippen LogP contribution in [0.3, 0.4) is 0 Å². The lowest BCUT2D eigenvalue weighted by atomic mass is 10.2. The number of rotatable bonds is 6. The average molecular weight is 256 g/mol. The maximum atomic E-state index is 5.60. The molecule has 2 rings (SSSR count). The molecule has 0 bridgehead atoms. The first kappa shape index (κ1) is 13.5. The van der Waals surface area contributed by atoms with Crippen LogP contribution in [0.1, 0.15) is 17.5 Å². The van der Waals surface area contributed by atoms with Crippen molar-refractivity contribution < 1.29 is 0 Å². The Labute approximate surface area is 114 Å². The van der Waals surface area contributed by atoms with E-state index in [2.05, 4.69) is 27.0 Å². The number of benzene rings is 1. The van der Waals surface area contributed by atoms with Crippen LogP contribution < -0.4 is 10.6 Å². The van der Waals surface area contributed by atoms with Gasteiger partial charge in [-0.2, -0.15) is 0 Å². The number of aryl methyl sites for hydroxylation is 1. The van der Waals surface area contributed by atoms with Crippen LogP contribution in [-0.4, -0.2) is 23.1 Å². The third kappa shape index (κ3) is 4.03. The Morgan fingerprint density at radius 2 is 1.79 bits per heavy atom. The van der Waals surface area contributed by atoms with E-state index in [0.29, 0.717) is 6.54 Å². The zero-order valence-electron chi connectivity index (χ0n) is 11.3. The van der Waals surface area contributed by atoms with Crippen molar-refractivity contribution in [2.45, 2.75) is 19.9 Å². The number of anilines is 1. The van der Waals surface area contributed by atoms with E-state index in [1.807, 2.05) is 37.5 Å². The molecule has 0 unspecified atom stereocenters. The first-order chi connectivity index (χ1) is 9.29. The Hall–Kier alpha value is -1.94. The zero-order valence-corrected chi connectivity index (χ0v) is 11.3. The predicted molar refractivity (Wildman–Crippen MR) is 77.9 cm³/mol. The van der Waals surface area contributed by atoms with Gasteiger partial charge in [-0.1, -0.05) is 30.3 Å².